The van der Waals surface area contributed by atoms with Gasteiger partial charge in [-0.2, -0.15) is 0 Å². The summed E-state index contributed by atoms with van der Waals surface area (Å²) in [5.41, 5.74) is 9.38. The molecule has 3 rings (SSSR count). The zero-order chi connectivity index (χ0) is 24.3. The van der Waals surface area contributed by atoms with E-state index in [4.69, 9.17) is 5.73 Å². The maximum Gasteiger partial charge on any atom is 0.270 e. The largest absolute Gasteiger partial charge is 0.349 e. The third kappa shape index (κ3) is 5.38. The van der Waals surface area contributed by atoms with E-state index in [1.54, 1.807) is 36.6 Å². The van der Waals surface area contributed by atoms with Crippen molar-refractivity contribution in [1.29, 1.82) is 0 Å². The second-order valence-corrected chi connectivity index (χ2v) is 9.91. The van der Waals surface area contributed by atoms with Crippen LogP contribution in [-0.2, 0) is 17.5 Å². The summed E-state index contributed by atoms with van der Waals surface area (Å²) in [4.78, 5) is 17.9. The van der Waals surface area contributed by atoms with E-state index in [0.717, 1.165) is 16.8 Å². The van der Waals surface area contributed by atoms with Crippen molar-refractivity contribution in [3.05, 3.63) is 59.7 Å². The monoisotopic (exact) mass is 471 g/mol. The number of pyridine rings is 1. The van der Waals surface area contributed by atoms with Crippen molar-refractivity contribution in [2.24, 2.45) is 5.73 Å². The third-order valence-corrected chi connectivity index (χ3v) is 6.45. The van der Waals surface area contributed by atoms with Crippen LogP contribution in [0.3, 0.4) is 0 Å². The van der Waals surface area contributed by atoms with E-state index in [1.165, 1.54) is 6.08 Å². The lowest BCUT2D eigenvalue weighted by atomic mass is 10.0. The Morgan fingerprint density at radius 2 is 2.03 bits per heavy atom. The number of fused-ring (bicyclic) bond motifs is 1. The van der Waals surface area contributed by atoms with Crippen LogP contribution >= 0.6 is 0 Å². The number of carbonyl (C=O) groups is 1. The topological polar surface area (TPSA) is 93.2 Å². The summed E-state index contributed by atoms with van der Waals surface area (Å²) in [5.74, 6) is -0.631. The first-order valence-electron chi connectivity index (χ1n) is 10.7. The highest BCUT2D eigenvalue weighted by molar-refractivity contribution is 7.82. The van der Waals surface area contributed by atoms with Gasteiger partial charge in [-0.25, -0.2) is 17.9 Å². The van der Waals surface area contributed by atoms with Gasteiger partial charge in [0.1, 0.15) is 22.5 Å². The second kappa shape index (κ2) is 10.4. The van der Waals surface area contributed by atoms with Crippen LogP contribution in [0, 0.1) is 6.92 Å². The number of allylic oxidation sites excluding steroid dienone is 1. The summed E-state index contributed by atoms with van der Waals surface area (Å²) in [6.45, 7) is 5.75. The molecule has 1 unspecified atom stereocenters. The molecule has 1 aromatic carbocycles. The SMILES string of the molecule is Cc1c(-c2cccc(S(=O)N(C)C)c2)c2nc(C(=O)NC(C)C)ccc2n1C/C(F)=C/CN. The average Bonchev–Trinajstić information content (AvgIpc) is 3.03. The van der Waals surface area contributed by atoms with Gasteiger partial charge in [-0.05, 0) is 70.8 Å². The lowest BCUT2D eigenvalue weighted by molar-refractivity contribution is 0.0938. The average molecular weight is 472 g/mol. The molecule has 0 aliphatic carbocycles. The van der Waals surface area contributed by atoms with Crippen LogP contribution in [0.25, 0.3) is 22.2 Å². The number of nitrogens with two attached hydrogens (primary N) is 1. The summed E-state index contributed by atoms with van der Waals surface area (Å²) in [6, 6.07) is 10.8. The normalized spacial score (nSPS) is 13.2. The lowest BCUT2D eigenvalue weighted by Crippen LogP contribution is -2.30. The fraction of sp³-hybridized carbons (Fsp3) is 0.333. The summed E-state index contributed by atoms with van der Waals surface area (Å²) in [6.07, 6.45) is 1.34. The number of carbonyl (C=O) groups excluding carboxylic acids is 1. The number of nitrogens with one attached hydrogen (secondary N) is 1. The molecule has 3 N–H and O–H groups in total. The molecular formula is C24H30FN5O2S. The molecule has 0 bridgehead atoms. The van der Waals surface area contributed by atoms with E-state index in [1.807, 2.05) is 43.5 Å². The van der Waals surface area contributed by atoms with Gasteiger partial charge in [0.15, 0.2) is 0 Å². The number of rotatable bonds is 8. The zero-order valence-corrected chi connectivity index (χ0v) is 20.4. The molecule has 1 atom stereocenters. The predicted molar refractivity (Wildman–Crippen MR) is 131 cm³/mol. The fourth-order valence-corrected chi connectivity index (χ4v) is 4.51. The van der Waals surface area contributed by atoms with E-state index in [2.05, 4.69) is 10.3 Å². The molecule has 2 aromatic heterocycles. The molecule has 1 amide bonds. The Morgan fingerprint density at radius 3 is 2.67 bits per heavy atom. The summed E-state index contributed by atoms with van der Waals surface area (Å²) < 4.78 is 30.5. The molecule has 0 saturated heterocycles. The fourth-order valence-electron chi connectivity index (χ4n) is 3.67. The van der Waals surface area contributed by atoms with Gasteiger partial charge in [0.2, 0.25) is 0 Å². The minimum absolute atomic E-state index is 0.00205. The highest BCUT2D eigenvalue weighted by atomic mass is 32.2. The summed E-state index contributed by atoms with van der Waals surface area (Å²) >= 11 is 0. The van der Waals surface area contributed by atoms with Gasteiger partial charge < -0.3 is 15.6 Å². The minimum atomic E-state index is -1.32. The number of amides is 1. The van der Waals surface area contributed by atoms with Crippen LogP contribution in [0.5, 0.6) is 0 Å². The van der Waals surface area contributed by atoms with E-state index in [-0.39, 0.29) is 36.6 Å². The molecule has 0 saturated carbocycles. The number of halogens is 1. The smallest absolute Gasteiger partial charge is 0.270 e. The van der Waals surface area contributed by atoms with Gasteiger partial charge in [0.05, 0.1) is 22.5 Å². The molecule has 33 heavy (non-hydrogen) atoms. The first-order valence-corrected chi connectivity index (χ1v) is 11.8. The molecular weight excluding hydrogens is 441 g/mol. The molecule has 0 spiro atoms. The standard InChI is InChI=1S/C24H30FN5O2S/c1-15(2)27-24(31)20-9-10-21-23(28-20)22(16(3)30(21)14-18(25)11-12-26)17-7-6-8-19(13-17)33(32)29(4)5/h6-11,13,15H,12,14,26H2,1-5H3,(H,27,31)/b18-11-. The van der Waals surface area contributed by atoms with Crippen molar-refractivity contribution in [3.63, 3.8) is 0 Å². The molecule has 0 aliphatic rings. The molecule has 0 fully saturated rings. The number of hydrogen-bond donors (Lipinski definition) is 2. The molecule has 9 heteroatoms. The van der Waals surface area contributed by atoms with Gasteiger partial charge in [-0.3, -0.25) is 4.79 Å². The quantitative estimate of drug-likeness (QED) is 0.526. The Morgan fingerprint density at radius 1 is 1.30 bits per heavy atom. The van der Waals surface area contributed by atoms with Gasteiger partial charge in [0.25, 0.3) is 5.91 Å². The first-order chi connectivity index (χ1) is 15.6. The van der Waals surface area contributed by atoms with Crippen LogP contribution in [0.1, 0.15) is 30.0 Å². The van der Waals surface area contributed by atoms with Crippen LogP contribution in [0.2, 0.25) is 0 Å². The number of benzene rings is 1. The van der Waals surface area contributed by atoms with Gasteiger partial charge in [-0.1, -0.05) is 12.1 Å². The summed E-state index contributed by atoms with van der Waals surface area (Å²) in [7, 11) is 2.16. The van der Waals surface area contributed by atoms with Crippen molar-refractivity contribution in [2.75, 3.05) is 20.6 Å². The lowest BCUT2D eigenvalue weighted by Gasteiger charge is -2.11. The van der Waals surface area contributed by atoms with Crippen LogP contribution in [0.15, 0.2) is 53.2 Å². The Balaban J connectivity index is 2.25. The molecule has 3 aromatic rings. The molecule has 2 heterocycles. The first kappa shape index (κ1) is 24.8. The third-order valence-electron chi connectivity index (χ3n) is 5.13. The number of nitrogens with zero attached hydrogens (tertiary/aromatic N) is 3. The van der Waals surface area contributed by atoms with Crippen molar-refractivity contribution >= 4 is 27.9 Å². The second-order valence-electron chi connectivity index (χ2n) is 8.21. The highest BCUT2D eigenvalue weighted by Crippen LogP contribution is 2.35. The molecule has 7 nitrogen and oxygen atoms in total. The van der Waals surface area contributed by atoms with Crippen LogP contribution in [-0.4, -0.2) is 50.7 Å². The van der Waals surface area contributed by atoms with Gasteiger partial charge in [0, 0.05) is 23.8 Å². The Hall–Kier alpha value is -2.88. The minimum Gasteiger partial charge on any atom is -0.349 e. The van der Waals surface area contributed by atoms with Gasteiger partial charge in [-0.15, -0.1) is 0 Å². The Kier molecular flexibility index (Phi) is 7.78. The predicted octanol–water partition coefficient (Wildman–Crippen LogP) is 3.55. The van der Waals surface area contributed by atoms with Crippen molar-refractivity contribution < 1.29 is 13.4 Å². The number of hydrogen-bond acceptors (Lipinski definition) is 4. The highest BCUT2D eigenvalue weighted by Gasteiger charge is 2.21. The van der Waals surface area contributed by atoms with Crippen molar-refractivity contribution in [2.45, 2.75) is 38.3 Å². The maximum absolute atomic E-state index is 14.4. The van der Waals surface area contributed by atoms with E-state index in [0.29, 0.717) is 15.9 Å². The Bertz CT molecular complexity index is 1230. The molecule has 176 valence electrons. The molecule has 0 radical (unpaired) electrons. The maximum atomic E-state index is 14.4. The van der Waals surface area contributed by atoms with Crippen LogP contribution in [0.4, 0.5) is 4.39 Å². The molecule has 0 aliphatic heterocycles. The van der Waals surface area contributed by atoms with Gasteiger partial charge >= 0.3 is 0 Å². The summed E-state index contributed by atoms with van der Waals surface area (Å²) in [5, 5.41) is 2.85. The van der Waals surface area contributed by atoms with E-state index < -0.39 is 11.0 Å². The van der Waals surface area contributed by atoms with E-state index in [9.17, 15) is 13.4 Å². The number of aromatic nitrogens is 2. The van der Waals surface area contributed by atoms with Crippen LogP contribution < -0.4 is 11.1 Å². The van der Waals surface area contributed by atoms with E-state index >= 15 is 0 Å². The van der Waals surface area contributed by atoms with Crippen molar-refractivity contribution in [1.82, 2.24) is 19.2 Å². The zero-order valence-electron chi connectivity index (χ0n) is 19.6. The Labute approximate surface area is 196 Å². The van der Waals surface area contributed by atoms with Crippen molar-refractivity contribution in [3.8, 4) is 11.1 Å².